The summed E-state index contributed by atoms with van der Waals surface area (Å²) >= 11 is 0. The van der Waals surface area contributed by atoms with Gasteiger partial charge in [0.15, 0.2) is 0 Å². The van der Waals surface area contributed by atoms with Gasteiger partial charge in [0.05, 0.1) is 5.69 Å². The molecule has 1 aromatic rings. The fraction of sp³-hybridized carbons (Fsp3) is 0.308. The van der Waals surface area contributed by atoms with E-state index in [1.807, 2.05) is 33.8 Å². The van der Waals surface area contributed by atoms with E-state index in [0.29, 0.717) is 5.69 Å². The zero-order valence-electron chi connectivity index (χ0n) is 9.64. The Morgan fingerprint density at radius 2 is 1.93 bits per heavy atom. The van der Waals surface area contributed by atoms with Gasteiger partial charge >= 0.3 is 0 Å². The number of benzene rings is 1. The van der Waals surface area contributed by atoms with E-state index in [4.69, 9.17) is 0 Å². The third-order valence-corrected chi connectivity index (χ3v) is 2.59. The summed E-state index contributed by atoms with van der Waals surface area (Å²) in [5, 5.41) is 0. The van der Waals surface area contributed by atoms with Crippen molar-refractivity contribution in [1.82, 2.24) is 0 Å². The fourth-order valence-electron chi connectivity index (χ4n) is 1.79. The Bertz CT molecular complexity index is 466. The monoisotopic (exact) mass is 201 g/mol. The van der Waals surface area contributed by atoms with Gasteiger partial charge in [0.25, 0.3) is 0 Å². The zero-order chi connectivity index (χ0) is 11.6. The predicted molar refractivity (Wildman–Crippen MR) is 63.1 cm³/mol. The number of allylic oxidation sites excluding steroid dienone is 1. The van der Waals surface area contributed by atoms with Gasteiger partial charge in [-0.2, -0.15) is 4.99 Å². The second kappa shape index (κ2) is 4.24. The lowest BCUT2D eigenvalue weighted by Crippen LogP contribution is -1.93. The molecule has 78 valence electrons. The van der Waals surface area contributed by atoms with Crippen LogP contribution in [0.2, 0.25) is 0 Å². The number of rotatable bonds is 2. The SMILES string of the molecule is C=C(C)c1c(C)c(C)cc(C)c1N=C=O. The smallest absolute Gasteiger partial charge is 0.211 e. The highest BCUT2D eigenvalue weighted by molar-refractivity contribution is 5.78. The molecule has 0 saturated heterocycles. The molecule has 0 aliphatic heterocycles. The average Bonchev–Trinajstić information content (AvgIpc) is 2.14. The van der Waals surface area contributed by atoms with E-state index in [9.17, 15) is 4.79 Å². The Hall–Kier alpha value is -1.66. The van der Waals surface area contributed by atoms with E-state index in [2.05, 4.69) is 11.6 Å². The lowest BCUT2D eigenvalue weighted by atomic mass is 9.94. The van der Waals surface area contributed by atoms with Crippen molar-refractivity contribution in [3.05, 3.63) is 34.9 Å². The molecule has 0 unspecified atom stereocenters. The van der Waals surface area contributed by atoms with Crippen LogP contribution in [-0.4, -0.2) is 6.08 Å². The molecule has 0 fully saturated rings. The zero-order valence-corrected chi connectivity index (χ0v) is 9.64. The molecule has 0 aromatic heterocycles. The molecule has 0 aliphatic carbocycles. The van der Waals surface area contributed by atoms with Crippen molar-refractivity contribution < 1.29 is 4.79 Å². The van der Waals surface area contributed by atoms with Gasteiger partial charge in [0.2, 0.25) is 6.08 Å². The largest absolute Gasteiger partial charge is 0.240 e. The molecule has 0 saturated carbocycles. The van der Waals surface area contributed by atoms with Crippen molar-refractivity contribution in [2.45, 2.75) is 27.7 Å². The van der Waals surface area contributed by atoms with Crippen LogP contribution in [0.4, 0.5) is 5.69 Å². The molecule has 0 bridgehead atoms. The van der Waals surface area contributed by atoms with Crippen LogP contribution in [0.1, 0.15) is 29.2 Å². The molecule has 0 heterocycles. The molecule has 0 atom stereocenters. The summed E-state index contributed by atoms with van der Waals surface area (Å²) in [5.74, 6) is 0. The molecule has 15 heavy (non-hydrogen) atoms. The lowest BCUT2D eigenvalue weighted by molar-refractivity contribution is 0.565. The van der Waals surface area contributed by atoms with Crippen LogP contribution in [0.25, 0.3) is 5.57 Å². The highest BCUT2D eigenvalue weighted by Crippen LogP contribution is 2.33. The highest BCUT2D eigenvalue weighted by Gasteiger charge is 2.11. The summed E-state index contributed by atoms with van der Waals surface area (Å²) in [6.07, 6.45) is 1.60. The first-order valence-electron chi connectivity index (χ1n) is 4.83. The predicted octanol–water partition coefficient (Wildman–Crippen LogP) is 3.61. The van der Waals surface area contributed by atoms with Gasteiger partial charge < -0.3 is 0 Å². The summed E-state index contributed by atoms with van der Waals surface area (Å²) in [5.41, 5.74) is 5.89. The topological polar surface area (TPSA) is 29.4 Å². The van der Waals surface area contributed by atoms with Crippen molar-refractivity contribution in [2.24, 2.45) is 4.99 Å². The summed E-state index contributed by atoms with van der Waals surface area (Å²) in [4.78, 5) is 14.1. The van der Waals surface area contributed by atoms with Crippen molar-refractivity contribution in [2.75, 3.05) is 0 Å². The van der Waals surface area contributed by atoms with E-state index in [1.165, 1.54) is 5.56 Å². The summed E-state index contributed by atoms with van der Waals surface area (Å²) < 4.78 is 0. The number of nitrogens with zero attached hydrogens (tertiary/aromatic N) is 1. The highest BCUT2D eigenvalue weighted by atomic mass is 16.1. The third kappa shape index (κ3) is 2.05. The maximum Gasteiger partial charge on any atom is 0.240 e. The van der Waals surface area contributed by atoms with Gasteiger partial charge in [0.1, 0.15) is 0 Å². The number of isocyanates is 1. The molecule has 0 radical (unpaired) electrons. The van der Waals surface area contributed by atoms with Gasteiger partial charge in [-0.1, -0.05) is 12.6 Å². The molecule has 1 aromatic carbocycles. The number of aryl methyl sites for hydroxylation is 2. The fourth-order valence-corrected chi connectivity index (χ4v) is 1.79. The van der Waals surface area contributed by atoms with Crippen LogP contribution >= 0.6 is 0 Å². The molecule has 0 amide bonds. The summed E-state index contributed by atoms with van der Waals surface area (Å²) in [6.45, 7) is 11.8. The molecule has 2 heteroatoms. The van der Waals surface area contributed by atoms with Gasteiger partial charge in [0, 0.05) is 5.56 Å². The molecular weight excluding hydrogens is 186 g/mol. The van der Waals surface area contributed by atoms with Crippen LogP contribution in [0.3, 0.4) is 0 Å². The Balaban J connectivity index is 3.68. The molecule has 1 rings (SSSR count). The molecular formula is C13H15NO. The van der Waals surface area contributed by atoms with E-state index in [0.717, 1.165) is 22.3 Å². The van der Waals surface area contributed by atoms with E-state index in [-0.39, 0.29) is 0 Å². The first-order valence-corrected chi connectivity index (χ1v) is 4.83. The molecule has 0 N–H and O–H groups in total. The summed E-state index contributed by atoms with van der Waals surface area (Å²) in [7, 11) is 0. The standard InChI is InChI=1S/C13H15NO/c1-8(2)12-11(5)9(3)6-10(4)13(12)14-7-15/h6H,1H2,2-5H3. The van der Waals surface area contributed by atoms with Crippen LogP contribution < -0.4 is 0 Å². The third-order valence-electron chi connectivity index (χ3n) is 2.59. The van der Waals surface area contributed by atoms with Crippen LogP contribution in [0.5, 0.6) is 0 Å². The average molecular weight is 201 g/mol. The second-order valence-electron chi connectivity index (χ2n) is 3.84. The number of hydrogen-bond donors (Lipinski definition) is 0. The number of aliphatic imine (C=N–C) groups is 1. The van der Waals surface area contributed by atoms with Crippen LogP contribution in [-0.2, 0) is 4.79 Å². The van der Waals surface area contributed by atoms with Crippen molar-refractivity contribution in [1.29, 1.82) is 0 Å². The number of hydrogen-bond acceptors (Lipinski definition) is 2. The van der Waals surface area contributed by atoms with E-state index >= 15 is 0 Å². The quantitative estimate of drug-likeness (QED) is 0.531. The van der Waals surface area contributed by atoms with Gasteiger partial charge in [-0.25, -0.2) is 4.79 Å². The maximum atomic E-state index is 10.4. The van der Waals surface area contributed by atoms with Gasteiger partial charge in [-0.15, -0.1) is 0 Å². The summed E-state index contributed by atoms with van der Waals surface area (Å²) in [6, 6.07) is 2.03. The van der Waals surface area contributed by atoms with Crippen LogP contribution in [0, 0.1) is 20.8 Å². The first-order chi connectivity index (χ1) is 6.99. The normalized spacial score (nSPS) is 9.60. The van der Waals surface area contributed by atoms with Gasteiger partial charge in [-0.05, 0) is 50.0 Å². The second-order valence-corrected chi connectivity index (χ2v) is 3.84. The number of carbonyl (C=O) groups excluding carboxylic acids is 1. The van der Waals surface area contributed by atoms with Crippen molar-refractivity contribution in [3.63, 3.8) is 0 Å². The van der Waals surface area contributed by atoms with Gasteiger partial charge in [-0.3, -0.25) is 0 Å². The van der Waals surface area contributed by atoms with Crippen molar-refractivity contribution in [3.8, 4) is 0 Å². The minimum atomic E-state index is 0.695. The van der Waals surface area contributed by atoms with E-state index < -0.39 is 0 Å². The molecule has 0 spiro atoms. The Morgan fingerprint density at radius 3 is 2.40 bits per heavy atom. The Labute approximate surface area is 90.4 Å². The minimum Gasteiger partial charge on any atom is -0.211 e. The van der Waals surface area contributed by atoms with Crippen molar-refractivity contribution >= 4 is 17.3 Å². The minimum absolute atomic E-state index is 0.695. The maximum absolute atomic E-state index is 10.4. The Kier molecular flexibility index (Phi) is 3.23. The molecule has 0 aliphatic rings. The first kappa shape index (κ1) is 11.4. The van der Waals surface area contributed by atoms with Crippen LogP contribution in [0.15, 0.2) is 17.6 Å². The van der Waals surface area contributed by atoms with E-state index in [1.54, 1.807) is 6.08 Å². The Morgan fingerprint density at radius 1 is 1.33 bits per heavy atom. The lowest BCUT2D eigenvalue weighted by Gasteiger charge is -2.13. The molecule has 2 nitrogen and oxygen atoms in total.